The van der Waals surface area contributed by atoms with Gasteiger partial charge in [0.05, 0.1) is 26.4 Å². The van der Waals surface area contributed by atoms with Crippen LogP contribution in [0, 0.1) is 0 Å². The number of carbonyl (C=O) groups is 4. The van der Waals surface area contributed by atoms with Gasteiger partial charge in [-0.25, -0.2) is 9.13 Å². The van der Waals surface area contributed by atoms with Crippen molar-refractivity contribution in [2.75, 3.05) is 39.6 Å². The fraction of sp³-hybridized carbons (Fsp3) is 0.671. The average molecular weight is 1500 g/mol. The molecule has 0 aromatic rings. The van der Waals surface area contributed by atoms with Crippen molar-refractivity contribution in [3.05, 3.63) is 146 Å². The van der Waals surface area contributed by atoms with E-state index in [1.165, 1.54) is 38.5 Å². The number of allylic oxidation sites excluding steroid dienone is 24. The molecule has 104 heavy (non-hydrogen) atoms. The van der Waals surface area contributed by atoms with Gasteiger partial charge in [0.1, 0.15) is 19.3 Å². The van der Waals surface area contributed by atoms with Crippen LogP contribution >= 0.6 is 15.6 Å². The lowest BCUT2D eigenvalue weighted by molar-refractivity contribution is -0.161. The maximum Gasteiger partial charge on any atom is 0.472 e. The summed E-state index contributed by atoms with van der Waals surface area (Å²) in [6, 6.07) is 0. The van der Waals surface area contributed by atoms with Gasteiger partial charge in [0.25, 0.3) is 0 Å². The van der Waals surface area contributed by atoms with Crippen LogP contribution in [0.1, 0.15) is 310 Å². The summed E-state index contributed by atoms with van der Waals surface area (Å²) in [5, 5.41) is 10.6. The van der Waals surface area contributed by atoms with E-state index in [-0.39, 0.29) is 25.7 Å². The van der Waals surface area contributed by atoms with E-state index in [0.29, 0.717) is 32.1 Å². The maximum absolute atomic E-state index is 13.1. The van der Waals surface area contributed by atoms with Gasteiger partial charge in [0.2, 0.25) is 0 Å². The standard InChI is InChI=1S/C85H142O17P2/c1-5-9-13-17-21-25-29-33-36-38-39-41-43-47-50-54-58-62-66-70-83(88)96-76-81(102-85(90)72-68-64-60-56-52-48-44-40-37-34-30-26-22-18-14-10-6-2)78-100-104(93,94)98-74-79(86)73-97-103(91,92)99-77-80(101-84(89)71-67-63-59-55-51-45-32-28-24-20-16-12-8-4)75-95-82(87)69-65-61-57-53-49-46-42-35-31-27-23-19-15-11-7-3/h9-10,13-14,16,20-22,25-26,28,32-37,39,41-42,47,50,58,62,79-81,86H,5-8,11-12,15,17-19,23-24,27,29-31,38,40,43-46,48-49,51-57,59-61,63-78H2,1-4H3,(H,91,92)(H,93,94)/b13-9-,14-10-,20-16-,25-21-,26-22-,32-28-,36-33-,37-34-,41-39-,42-35-,50-47-,62-58-. The monoisotopic (exact) mass is 1500 g/mol. The van der Waals surface area contributed by atoms with E-state index >= 15 is 0 Å². The second kappa shape index (κ2) is 76.1. The minimum Gasteiger partial charge on any atom is -0.462 e. The number of carbonyl (C=O) groups excluding carboxylic acids is 4. The molecule has 0 aliphatic heterocycles. The second-order valence-electron chi connectivity index (χ2n) is 26.2. The fourth-order valence-corrected chi connectivity index (χ4v) is 11.8. The Hall–Kier alpha value is -5.06. The van der Waals surface area contributed by atoms with Crippen molar-refractivity contribution >= 4 is 39.5 Å². The molecule has 17 nitrogen and oxygen atoms in total. The minimum absolute atomic E-state index is 0.0295. The number of hydrogen-bond donors (Lipinski definition) is 3. The topological polar surface area (TPSA) is 237 Å². The second-order valence-corrected chi connectivity index (χ2v) is 29.1. The summed E-state index contributed by atoms with van der Waals surface area (Å²) in [5.74, 6) is -2.31. The average Bonchev–Trinajstić information content (AvgIpc) is 0.911. The molecule has 0 aromatic carbocycles. The molecule has 0 rings (SSSR count). The zero-order chi connectivity index (χ0) is 76.0. The van der Waals surface area contributed by atoms with Gasteiger partial charge >= 0.3 is 39.5 Å². The highest BCUT2D eigenvalue weighted by atomic mass is 31.2. The van der Waals surface area contributed by atoms with Crippen LogP contribution in [0.15, 0.2) is 146 Å². The molecule has 0 heterocycles. The number of aliphatic hydroxyl groups excluding tert-OH is 1. The number of rotatable bonds is 74. The molecule has 0 aromatic heterocycles. The molecule has 594 valence electrons. The molecule has 0 fully saturated rings. The molecule has 0 saturated carbocycles. The van der Waals surface area contributed by atoms with Crippen LogP contribution in [-0.2, 0) is 65.4 Å². The molecule has 0 aliphatic carbocycles. The van der Waals surface area contributed by atoms with Crippen molar-refractivity contribution in [2.24, 2.45) is 0 Å². The molecular weight excluding hydrogens is 1350 g/mol. The first-order chi connectivity index (χ1) is 50.7. The Bertz CT molecular complexity index is 2540. The van der Waals surface area contributed by atoms with E-state index in [1.54, 1.807) is 0 Å². The Labute approximate surface area is 630 Å². The molecule has 0 aliphatic rings. The number of esters is 4. The largest absolute Gasteiger partial charge is 0.472 e. The molecule has 3 N–H and O–H groups in total. The number of phosphoric acid groups is 2. The predicted molar refractivity (Wildman–Crippen MR) is 427 cm³/mol. The lowest BCUT2D eigenvalue weighted by Gasteiger charge is -2.21. The van der Waals surface area contributed by atoms with Gasteiger partial charge < -0.3 is 33.8 Å². The number of phosphoric ester groups is 2. The molecule has 0 radical (unpaired) electrons. The van der Waals surface area contributed by atoms with Gasteiger partial charge in [-0.2, -0.15) is 0 Å². The van der Waals surface area contributed by atoms with E-state index in [1.807, 2.05) is 18.2 Å². The summed E-state index contributed by atoms with van der Waals surface area (Å²) in [4.78, 5) is 73.0. The molecule has 0 saturated heterocycles. The van der Waals surface area contributed by atoms with Gasteiger partial charge in [-0.15, -0.1) is 0 Å². The van der Waals surface area contributed by atoms with E-state index in [0.717, 1.165) is 186 Å². The van der Waals surface area contributed by atoms with E-state index < -0.39 is 97.5 Å². The van der Waals surface area contributed by atoms with Crippen molar-refractivity contribution < 1.29 is 80.2 Å². The van der Waals surface area contributed by atoms with Crippen LogP contribution in [0.4, 0.5) is 0 Å². The third kappa shape index (κ3) is 75.2. The van der Waals surface area contributed by atoms with Crippen LogP contribution in [0.2, 0.25) is 0 Å². The summed E-state index contributed by atoms with van der Waals surface area (Å²) >= 11 is 0. The summed E-state index contributed by atoms with van der Waals surface area (Å²) in [7, 11) is -9.99. The van der Waals surface area contributed by atoms with Gasteiger partial charge in [-0.05, 0) is 148 Å². The van der Waals surface area contributed by atoms with Crippen LogP contribution < -0.4 is 0 Å². The Kier molecular flexibility index (Phi) is 72.4. The lowest BCUT2D eigenvalue weighted by Crippen LogP contribution is -2.30. The third-order valence-electron chi connectivity index (χ3n) is 16.3. The Morgan fingerprint density at radius 3 is 0.875 bits per heavy atom. The fourth-order valence-electron chi connectivity index (χ4n) is 10.2. The minimum atomic E-state index is -5.00. The smallest absolute Gasteiger partial charge is 0.462 e. The molecule has 0 bridgehead atoms. The van der Waals surface area contributed by atoms with Crippen LogP contribution in [0.25, 0.3) is 0 Å². The first-order valence-electron chi connectivity index (χ1n) is 40.1. The highest BCUT2D eigenvalue weighted by molar-refractivity contribution is 7.47. The third-order valence-corrected chi connectivity index (χ3v) is 18.2. The Balaban J connectivity index is 5.45. The first-order valence-corrected chi connectivity index (χ1v) is 43.1. The number of ether oxygens (including phenoxy) is 4. The quantitative estimate of drug-likeness (QED) is 0.0169. The van der Waals surface area contributed by atoms with E-state index in [9.17, 15) is 43.2 Å². The summed E-state index contributed by atoms with van der Waals surface area (Å²) < 4.78 is 68.5. The Morgan fingerprint density at radius 2 is 0.538 bits per heavy atom. The van der Waals surface area contributed by atoms with Crippen molar-refractivity contribution in [3.8, 4) is 0 Å². The summed E-state index contributed by atoms with van der Waals surface area (Å²) in [5.41, 5.74) is 0. The summed E-state index contributed by atoms with van der Waals surface area (Å²) in [6.07, 6.45) is 87.0. The maximum atomic E-state index is 13.1. The van der Waals surface area contributed by atoms with E-state index in [2.05, 4.69) is 155 Å². The first kappa shape index (κ1) is 98.9. The van der Waals surface area contributed by atoms with Crippen molar-refractivity contribution in [1.82, 2.24) is 0 Å². The van der Waals surface area contributed by atoms with Gasteiger partial charge in [0.15, 0.2) is 12.2 Å². The molecular formula is C85H142O17P2. The van der Waals surface area contributed by atoms with Crippen molar-refractivity contribution in [1.29, 1.82) is 0 Å². The normalized spacial score (nSPS) is 14.6. The highest BCUT2D eigenvalue weighted by Crippen LogP contribution is 2.45. The predicted octanol–water partition coefficient (Wildman–Crippen LogP) is 23.4. The van der Waals surface area contributed by atoms with Crippen LogP contribution in [0.3, 0.4) is 0 Å². The lowest BCUT2D eigenvalue weighted by atomic mass is 10.1. The molecule has 0 spiro atoms. The van der Waals surface area contributed by atoms with Crippen molar-refractivity contribution in [3.63, 3.8) is 0 Å². The SMILES string of the molecule is CC/C=C\C/C=C\C/C=C\C/C=C\C/C=C\C/C=C\CCC(=O)OCC(COP(=O)(O)OCC(O)COP(=O)(O)OCC(COC(=O)CCCCCCC/C=C\CCCCCCCC)OC(=O)CCCCCCC/C=C\C/C=C\CCC)OC(=O)CCCCCCCCC/C=C\C/C=C\C/C=C\CC. The number of hydrogen-bond acceptors (Lipinski definition) is 15. The van der Waals surface area contributed by atoms with E-state index in [4.69, 9.17) is 37.0 Å². The Morgan fingerprint density at radius 1 is 0.279 bits per heavy atom. The van der Waals surface area contributed by atoms with Crippen LogP contribution in [0.5, 0.6) is 0 Å². The van der Waals surface area contributed by atoms with Gasteiger partial charge in [-0.1, -0.05) is 283 Å². The molecule has 5 atom stereocenters. The molecule has 0 amide bonds. The molecule has 19 heteroatoms. The van der Waals surface area contributed by atoms with Crippen LogP contribution in [-0.4, -0.2) is 96.7 Å². The van der Waals surface area contributed by atoms with Gasteiger partial charge in [-0.3, -0.25) is 37.3 Å². The zero-order valence-electron chi connectivity index (χ0n) is 64.9. The zero-order valence-corrected chi connectivity index (χ0v) is 66.7. The number of unbranched alkanes of at least 4 members (excludes halogenated alkanes) is 24. The molecule has 5 unspecified atom stereocenters. The highest BCUT2D eigenvalue weighted by Gasteiger charge is 2.30. The summed E-state index contributed by atoms with van der Waals surface area (Å²) in [6.45, 7) is 4.47. The van der Waals surface area contributed by atoms with Gasteiger partial charge in [0, 0.05) is 25.7 Å². The number of aliphatic hydroxyl groups is 1. The van der Waals surface area contributed by atoms with Crippen molar-refractivity contribution in [2.45, 2.75) is 329 Å².